The third kappa shape index (κ3) is 2.71. The van der Waals surface area contributed by atoms with Gasteiger partial charge in [0.05, 0.1) is 17.2 Å². The largest absolute Gasteiger partial charge is 0.423 e. The van der Waals surface area contributed by atoms with Crippen LogP contribution in [-0.2, 0) is 0 Å². The Hall–Kier alpha value is -2.67. The van der Waals surface area contributed by atoms with Crippen molar-refractivity contribution in [1.29, 1.82) is 5.26 Å². The van der Waals surface area contributed by atoms with Crippen LogP contribution in [0, 0.1) is 17.1 Å². The first-order valence-corrected chi connectivity index (χ1v) is 5.17. The van der Waals surface area contributed by atoms with E-state index < -0.39 is 11.8 Å². The van der Waals surface area contributed by atoms with Gasteiger partial charge in [-0.3, -0.25) is 0 Å². The van der Waals surface area contributed by atoms with E-state index in [2.05, 4.69) is 0 Å². The molecule has 0 radical (unpaired) electrons. The van der Waals surface area contributed by atoms with E-state index in [-0.39, 0.29) is 11.3 Å². The van der Waals surface area contributed by atoms with Crippen molar-refractivity contribution in [3.8, 4) is 11.8 Å². The molecule has 0 amide bonds. The maximum atomic E-state index is 12.9. The van der Waals surface area contributed by atoms with Crippen molar-refractivity contribution in [2.24, 2.45) is 0 Å². The lowest BCUT2D eigenvalue weighted by molar-refractivity contribution is 0.0734. The Morgan fingerprint density at radius 1 is 1.17 bits per heavy atom. The van der Waals surface area contributed by atoms with Gasteiger partial charge in [0.2, 0.25) is 0 Å². The predicted octanol–water partition coefficient (Wildman–Crippen LogP) is 2.92. The maximum absolute atomic E-state index is 12.9. The Balaban J connectivity index is 2.19. The van der Waals surface area contributed by atoms with E-state index >= 15 is 0 Å². The molecule has 2 aromatic carbocycles. The van der Waals surface area contributed by atoms with E-state index in [0.29, 0.717) is 5.56 Å². The van der Waals surface area contributed by atoms with Crippen molar-refractivity contribution in [3.05, 3.63) is 65.5 Å². The maximum Gasteiger partial charge on any atom is 0.343 e. The fraction of sp³-hybridized carbons (Fsp3) is 0. The topological polar surface area (TPSA) is 50.1 Å². The van der Waals surface area contributed by atoms with E-state index in [1.807, 2.05) is 6.07 Å². The summed E-state index contributed by atoms with van der Waals surface area (Å²) < 4.78 is 18.0. The number of hydrogen-bond donors (Lipinski definition) is 0. The molecule has 0 saturated heterocycles. The van der Waals surface area contributed by atoms with Crippen LogP contribution < -0.4 is 4.74 Å². The van der Waals surface area contributed by atoms with E-state index in [1.165, 1.54) is 24.3 Å². The molecular formula is C14H8FNO2. The van der Waals surface area contributed by atoms with Crippen LogP contribution in [0.4, 0.5) is 4.39 Å². The molecular weight excluding hydrogens is 233 g/mol. The van der Waals surface area contributed by atoms with Crippen molar-refractivity contribution < 1.29 is 13.9 Å². The number of esters is 1. The summed E-state index contributed by atoms with van der Waals surface area (Å²) in [4.78, 5) is 11.7. The van der Waals surface area contributed by atoms with Crippen LogP contribution in [0.1, 0.15) is 15.9 Å². The summed E-state index contributed by atoms with van der Waals surface area (Å²) in [6.45, 7) is 0. The van der Waals surface area contributed by atoms with Gasteiger partial charge >= 0.3 is 5.97 Å². The Morgan fingerprint density at radius 2 is 1.94 bits per heavy atom. The van der Waals surface area contributed by atoms with Crippen LogP contribution in [0.2, 0.25) is 0 Å². The Morgan fingerprint density at radius 3 is 2.67 bits per heavy atom. The fourth-order valence-corrected chi connectivity index (χ4v) is 1.41. The molecule has 0 aliphatic rings. The first kappa shape index (κ1) is 11.8. The number of nitriles is 1. The Labute approximate surface area is 103 Å². The number of halogens is 1. The number of hydrogen-bond acceptors (Lipinski definition) is 3. The van der Waals surface area contributed by atoms with Gasteiger partial charge in [-0.2, -0.15) is 5.26 Å². The molecule has 0 bridgehead atoms. The molecule has 0 aromatic heterocycles. The lowest BCUT2D eigenvalue weighted by Crippen LogP contribution is -2.08. The van der Waals surface area contributed by atoms with Crippen molar-refractivity contribution >= 4 is 5.97 Å². The third-order valence-corrected chi connectivity index (χ3v) is 2.23. The van der Waals surface area contributed by atoms with Gasteiger partial charge in [-0.1, -0.05) is 12.1 Å². The number of rotatable bonds is 2. The van der Waals surface area contributed by atoms with Crippen molar-refractivity contribution in [3.63, 3.8) is 0 Å². The normalized spacial score (nSPS) is 9.56. The zero-order chi connectivity index (χ0) is 13.0. The van der Waals surface area contributed by atoms with Crippen LogP contribution in [0.5, 0.6) is 5.75 Å². The minimum absolute atomic E-state index is 0.123. The molecule has 0 atom stereocenters. The number of nitrogens with zero attached hydrogens (tertiary/aromatic N) is 1. The minimum Gasteiger partial charge on any atom is -0.423 e. The van der Waals surface area contributed by atoms with Gasteiger partial charge in [-0.25, -0.2) is 9.18 Å². The zero-order valence-electron chi connectivity index (χ0n) is 9.26. The van der Waals surface area contributed by atoms with Crippen molar-refractivity contribution in [1.82, 2.24) is 0 Å². The molecule has 0 aliphatic heterocycles. The van der Waals surface area contributed by atoms with Gasteiger partial charge < -0.3 is 4.74 Å². The van der Waals surface area contributed by atoms with Crippen LogP contribution >= 0.6 is 0 Å². The quantitative estimate of drug-likeness (QED) is 0.600. The minimum atomic E-state index is -0.662. The second kappa shape index (κ2) is 5.11. The van der Waals surface area contributed by atoms with Crippen molar-refractivity contribution in [2.45, 2.75) is 0 Å². The number of carbonyl (C=O) groups is 1. The molecule has 0 saturated carbocycles. The predicted molar refractivity (Wildman–Crippen MR) is 62.5 cm³/mol. The second-order valence-electron chi connectivity index (χ2n) is 3.54. The van der Waals surface area contributed by atoms with E-state index in [0.717, 1.165) is 6.07 Å². The molecule has 3 nitrogen and oxygen atoms in total. The van der Waals surface area contributed by atoms with Gasteiger partial charge in [-0.15, -0.1) is 0 Å². The summed E-state index contributed by atoms with van der Waals surface area (Å²) in [5.41, 5.74) is 0.511. The lowest BCUT2D eigenvalue weighted by Gasteiger charge is -2.04. The SMILES string of the molecule is N#Cc1cccc(OC(=O)c2cccc(F)c2)c1. The average molecular weight is 241 g/mol. The molecule has 0 fully saturated rings. The Bertz CT molecular complexity index is 632. The van der Waals surface area contributed by atoms with E-state index in [4.69, 9.17) is 10.00 Å². The van der Waals surface area contributed by atoms with E-state index in [1.54, 1.807) is 18.2 Å². The van der Waals surface area contributed by atoms with Crippen LogP contribution in [0.3, 0.4) is 0 Å². The first-order chi connectivity index (χ1) is 8.69. The number of ether oxygens (including phenoxy) is 1. The number of carbonyl (C=O) groups excluding carboxylic acids is 1. The average Bonchev–Trinajstić information content (AvgIpc) is 2.39. The van der Waals surface area contributed by atoms with Crippen LogP contribution in [-0.4, -0.2) is 5.97 Å². The summed E-state index contributed by atoms with van der Waals surface area (Å²) in [6, 6.07) is 13.4. The number of benzene rings is 2. The smallest absolute Gasteiger partial charge is 0.343 e. The van der Waals surface area contributed by atoms with Gasteiger partial charge in [0.15, 0.2) is 0 Å². The third-order valence-electron chi connectivity index (χ3n) is 2.23. The van der Waals surface area contributed by atoms with Gasteiger partial charge in [0.25, 0.3) is 0 Å². The molecule has 88 valence electrons. The molecule has 2 aromatic rings. The monoisotopic (exact) mass is 241 g/mol. The highest BCUT2D eigenvalue weighted by molar-refractivity contribution is 5.91. The molecule has 0 N–H and O–H groups in total. The Kier molecular flexibility index (Phi) is 3.35. The first-order valence-electron chi connectivity index (χ1n) is 5.17. The zero-order valence-corrected chi connectivity index (χ0v) is 9.26. The molecule has 2 rings (SSSR count). The summed E-state index contributed by atoms with van der Waals surface area (Å²) in [7, 11) is 0. The van der Waals surface area contributed by atoms with Crippen LogP contribution in [0.15, 0.2) is 48.5 Å². The highest BCUT2D eigenvalue weighted by Gasteiger charge is 2.09. The summed E-state index contributed by atoms with van der Waals surface area (Å²) in [5.74, 6) is -0.914. The second-order valence-corrected chi connectivity index (χ2v) is 3.54. The standard InChI is InChI=1S/C14H8FNO2/c15-12-5-2-4-11(8-12)14(17)18-13-6-1-3-10(7-13)9-16/h1-8H. The molecule has 0 unspecified atom stereocenters. The highest BCUT2D eigenvalue weighted by atomic mass is 19.1. The van der Waals surface area contributed by atoms with E-state index in [9.17, 15) is 9.18 Å². The summed E-state index contributed by atoms with van der Waals surface area (Å²) >= 11 is 0. The van der Waals surface area contributed by atoms with Crippen molar-refractivity contribution in [2.75, 3.05) is 0 Å². The summed E-state index contributed by atoms with van der Waals surface area (Å²) in [5, 5.41) is 8.71. The fourth-order valence-electron chi connectivity index (χ4n) is 1.41. The van der Waals surface area contributed by atoms with Gasteiger partial charge in [0, 0.05) is 0 Å². The highest BCUT2D eigenvalue weighted by Crippen LogP contribution is 2.15. The molecule has 18 heavy (non-hydrogen) atoms. The molecule has 0 heterocycles. The molecule has 0 aliphatic carbocycles. The summed E-state index contributed by atoms with van der Waals surface area (Å²) in [6.07, 6.45) is 0. The molecule has 4 heteroatoms. The van der Waals surface area contributed by atoms with Gasteiger partial charge in [0.1, 0.15) is 11.6 Å². The van der Waals surface area contributed by atoms with Gasteiger partial charge in [-0.05, 0) is 36.4 Å². The molecule has 0 spiro atoms. The lowest BCUT2D eigenvalue weighted by atomic mass is 10.2. The van der Waals surface area contributed by atoms with Crippen LogP contribution in [0.25, 0.3) is 0 Å².